The lowest BCUT2D eigenvalue weighted by atomic mass is 10.1. The average Bonchev–Trinajstić information content (AvgIpc) is 3.29. The largest absolute Gasteiger partial charge is 0.455 e. The van der Waals surface area contributed by atoms with Gasteiger partial charge in [0, 0.05) is 11.7 Å². The normalized spacial score (nSPS) is 13.9. The van der Waals surface area contributed by atoms with Gasteiger partial charge in [0.25, 0.3) is 5.91 Å². The zero-order chi connectivity index (χ0) is 21.0. The smallest absolute Gasteiger partial charge is 0.310 e. The first-order valence-electron chi connectivity index (χ1n) is 10.0. The van der Waals surface area contributed by atoms with Gasteiger partial charge < -0.3 is 14.6 Å². The number of benzene rings is 1. The predicted molar refractivity (Wildman–Crippen MR) is 111 cm³/mol. The van der Waals surface area contributed by atoms with Crippen molar-refractivity contribution >= 4 is 17.7 Å². The highest BCUT2D eigenvalue weighted by Crippen LogP contribution is 2.37. The number of amides is 1. The molecule has 0 saturated heterocycles. The number of rotatable bonds is 6. The molecule has 1 aromatic heterocycles. The standard InChI is InChI=1S/C23H27N3O3/c1-15-8-4-5-9-18(15)12-22(28)29-14-21(27)25-23-20(13-24)16(2)17(3)26(23)19-10-6-7-11-19/h4-5,8-9,19H,6-7,10-12,14H2,1-3H3,(H,25,27). The summed E-state index contributed by atoms with van der Waals surface area (Å²) in [6, 6.07) is 10.1. The summed E-state index contributed by atoms with van der Waals surface area (Å²) in [6.07, 6.45) is 4.49. The van der Waals surface area contributed by atoms with Gasteiger partial charge >= 0.3 is 5.97 Å². The molecule has 1 N–H and O–H groups in total. The van der Waals surface area contributed by atoms with E-state index in [0.29, 0.717) is 11.4 Å². The highest BCUT2D eigenvalue weighted by Gasteiger charge is 2.26. The number of hydrogen-bond acceptors (Lipinski definition) is 4. The van der Waals surface area contributed by atoms with Crippen LogP contribution in [0, 0.1) is 32.1 Å². The van der Waals surface area contributed by atoms with E-state index in [1.807, 2.05) is 45.0 Å². The van der Waals surface area contributed by atoms with Crippen molar-refractivity contribution in [3.8, 4) is 6.07 Å². The van der Waals surface area contributed by atoms with Gasteiger partial charge in [-0.15, -0.1) is 0 Å². The summed E-state index contributed by atoms with van der Waals surface area (Å²) in [7, 11) is 0. The third kappa shape index (κ3) is 4.51. The first kappa shape index (κ1) is 20.7. The van der Waals surface area contributed by atoms with Crippen molar-refractivity contribution in [1.29, 1.82) is 5.26 Å². The molecule has 3 rings (SSSR count). The van der Waals surface area contributed by atoms with Crippen LogP contribution in [0.5, 0.6) is 0 Å². The average molecular weight is 393 g/mol. The molecule has 0 radical (unpaired) electrons. The first-order valence-corrected chi connectivity index (χ1v) is 10.0. The van der Waals surface area contributed by atoms with Gasteiger partial charge in [0.1, 0.15) is 11.9 Å². The second kappa shape index (κ2) is 8.95. The van der Waals surface area contributed by atoms with Gasteiger partial charge in [-0.2, -0.15) is 5.26 Å². The number of nitrogens with one attached hydrogen (secondary N) is 1. The second-order valence-corrected chi connectivity index (χ2v) is 7.67. The molecule has 1 aliphatic carbocycles. The molecule has 1 fully saturated rings. The van der Waals surface area contributed by atoms with Gasteiger partial charge in [0.15, 0.2) is 6.61 Å². The minimum atomic E-state index is -0.450. The number of aromatic nitrogens is 1. The number of hydrogen-bond donors (Lipinski definition) is 1. The number of anilines is 1. The number of nitrogens with zero attached hydrogens (tertiary/aromatic N) is 2. The maximum Gasteiger partial charge on any atom is 0.310 e. The number of carbonyl (C=O) groups is 2. The summed E-state index contributed by atoms with van der Waals surface area (Å²) in [5.41, 5.74) is 4.25. The summed E-state index contributed by atoms with van der Waals surface area (Å²) in [5.74, 6) is -0.362. The van der Waals surface area contributed by atoms with Crippen LogP contribution in [0.1, 0.15) is 59.7 Å². The zero-order valence-corrected chi connectivity index (χ0v) is 17.2. The Morgan fingerprint density at radius 2 is 1.90 bits per heavy atom. The van der Waals surface area contributed by atoms with E-state index >= 15 is 0 Å². The summed E-state index contributed by atoms with van der Waals surface area (Å²) in [4.78, 5) is 24.6. The maximum atomic E-state index is 12.5. The number of aryl methyl sites for hydroxylation is 1. The van der Waals surface area contributed by atoms with Crippen LogP contribution in [0.25, 0.3) is 0 Å². The van der Waals surface area contributed by atoms with Gasteiger partial charge in [0.2, 0.25) is 0 Å². The van der Waals surface area contributed by atoms with Crippen molar-refractivity contribution in [3.05, 3.63) is 52.2 Å². The SMILES string of the molecule is Cc1ccccc1CC(=O)OCC(=O)Nc1c(C#N)c(C)c(C)n1C1CCCC1. The van der Waals surface area contributed by atoms with E-state index in [1.54, 1.807) is 0 Å². The van der Waals surface area contributed by atoms with E-state index in [1.165, 1.54) is 0 Å². The Labute approximate surface area is 171 Å². The van der Waals surface area contributed by atoms with E-state index in [0.717, 1.165) is 48.1 Å². The number of carbonyl (C=O) groups excluding carboxylic acids is 2. The van der Waals surface area contributed by atoms with Crippen molar-refractivity contribution in [3.63, 3.8) is 0 Å². The fraction of sp³-hybridized carbons (Fsp3) is 0.435. The molecule has 152 valence electrons. The van der Waals surface area contributed by atoms with Gasteiger partial charge in [-0.1, -0.05) is 37.1 Å². The fourth-order valence-corrected chi connectivity index (χ4v) is 4.03. The van der Waals surface area contributed by atoms with Crippen LogP contribution in [0.3, 0.4) is 0 Å². The van der Waals surface area contributed by atoms with E-state index in [4.69, 9.17) is 4.74 Å². The van der Waals surface area contributed by atoms with Crippen molar-refractivity contribution < 1.29 is 14.3 Å². The second-order valence-electron chi connectivity index (χ2n) is 7.67. The van der Waals surface area contributed by atoms with Crippen molar-refractivity contribution in [2.45, 2.75) is 58.9 Å². The molecule has 0 unspecified atom stereocenters. The van der Waals surface area contributed by atoms with Gasteiger partial charge in [0.05, 0.1) is 12.0 Å². The molecule has 1 heterocycles. The summed E-state index contributed by atoms with van der Waals surface area (Å²) < 4.78 is 7.25. The topological polar surface area (TPSA) is 84.1 Å². The lowest BCUT2D eigenvalue weighted by Gasteiger charge is -2.19. The Kier molecular flexibility index (Phi) is 6.38. The molecule has 6 nitrogen and oxygen atoms in total. The molecule has 29 heavy (non-hydrogen) atoms. The maximum absolute atomic E-state index is 12.5. The van der Waals surface area contributed by atoms with Crippen LogP contribution in [-0.2, 0) is 20.7 Å². The Hall–Kier alpha value is -3.07. The molecule has 0 aliphatic heterocycles. The van der Waals surface area contributed by atoms with Gasteiger partial charge in [-0.05, 0) is 50.3 Å². The Bertz CT molecular complexity index is 962. The molecular weight excluding hydrogens is 366 g/mol. The van der Waals surface area contributed by atoms with Gasteiger partial charge in [-0.25, -0.2) is 0 Å². The first-order chi connectivity index (χ1) is 13.9. The molecule has 1 saturated carbocycles. The summed E-state index contributed by atoms with van der Waals surface area (Å²) >= 11 is 0. The molecule has 1 amide bonds. The summed E-state index contributed by atoms with van der Waals surface area (Å²) in [5, 5.41) is 12.4. The monoisotopic (exact) mass is 393 g/mol. The number of esters is 1. The highest BCUT2D eigenvalue weighted by atomic mass is 16.5. The van der Waals surface area contributed by atoms with Crippen LogP contribution in [0.2, 0.25) is 0 Å². The van der Waals surface area contributed by atoms with Crippen LogP contribution < -0.4 is 5.32 Å². The fourth-order valence-electron chi connectivity index (χ4n) is 4.03. The quantitative estimate of drug-likeness (QED) is 0.748. The molecule has 2 aromatic rings. The van der Waals surface area contributed by atoms with Crippen LogP contribution in [0.15, 0.2) is 24.3 Å². The van der Waals surface area contributed by atoms with Crippen LogP contribution in [0.4, 0.5) is 5.82 Å². The van der Waals surface area contributed by atoms with Crippen LogP contribution in [-0.4, -0.2) is 23.1 Å². The number of nitriles is 1. The minimum Gasteiger partial charge on any atom is -0.455 e. The third-order valence-corrected chi connectivity index (χ3v) is 5.78. The summed E-state index contributed by atoms with van der Waals surface area (Å²) in [6.45, 7) is 5.44. The highest BCUT2D eigenvalue weighted by molar-refractivity contribution is 5.94. The van der Waals surface area contributed by atoms with Crippen molar-refractivity contribution in [2.75, 3.05) is 11.9 Å². The zero-order valence-electron chi connectivity index (χ0n) is 17.2. The van der Waals surface area contributed by atoms with E-state index in [9.17, 15) is 14.9 Å². The lowest BCUT2D eigenvalue weighted by molar-refractivity contribution is -0.146. The number of ether oxygens (including phenoxy) is 1. The third-order valence-electron chi connectivity index (χ3n) is 5.78. The molecule has 6 heteroatoms. The molecule has 1 aromatic carbocycles. The molecule has 1 aliphatic rings. The minimum absolute atomic E-state index is 0.125. The Balaban J connectivity index is 1.67. The molecule has 0 bridgehead atoms. The predicted octanol–water partition coefficient (Wildman–Crippen LogP) is 4.12. The molecule has 0 spiro atoms. The van der Waals surface area contributed by atoms with Crippen molar-refractivity contribution in [1.82, 2.24) is 4.57 Å². The Morgan fingerprint density at radius 1 is 1.21 bits per heavy atom. The van der Waals surface area contributed by atoms with Crippen LogP contribution >= 0.6 is 0 Å². The molecule has 0 atom stereocenters. The van der Waals surface area contributed by atoms with E-state index < -0.39 is 11.9 Å². The Morgan fingerprint density at radius 3 is 2.55 bits per heavy atom. The van der Waals surface area contributed by atoms with E-state index in [2.05, 4.69) is 16.0 Å². The van der Waals surface area contributed by atoms with Crippen molar-refractivity contribution in [2.24, 2.45) is 0 Å². The van der Waals surface area contributed by atoms with E-state index in [-0.39, 0.29) is 19.1 Å². The molecular formula is C23H27N3O3. The lowest BCUT2D eigenvalue weighted by Crippen LogP contribution is -2.24. The van der Waals surface area contributed by atoms with Gasteiger partial charge in [-0.3, -0.25) is 9.59 Å².